The fraction of sp³-hybridized carbons (Fsp3) is 0.467. The molecule has 3 fully saturated rings. The maximum atomic E-state index is 14.3. The smallest absolute Gasteiger partial charge is 0.332 e. The topological polar surface area (TPSA) is 78.9 Å². The number of carbonyl (C=O) groups is 2. The Morgan fingerprint density at radius 3 is 2.62 bits per heavy atom. The van der Waals surface area contributed by atoms with Crippen molar-refractivity contribution in [2.75, 3.05) is 11.4 Å². The highest BCUT2D eigenvalue weighted by atomic mass is 32.1. The lowest BCUT2D eigenvalue weighted by molar-refractivity contribution is -0.133. The standard InChI is InChI=1S/C30H34FN5O3S/c1-19(2)39-25-9-4-6-21(14-25)17-34-13-12-30(16-20(34)3)28(37)35(18-26-32-33-27(40-26)22-10-11-22)29(38)36(30)24-8-5-7-23(31)15-24/h4-9,14-15,19-20,22H,10-13,16-18H2,1-3H3/t20-,30+/m0/s1. The minimum absolute atomic E-state index is 0.000758. The molecule has 0 bridgehead atoms. The van der Waals surface area contributed by atoms with E-state index in [-0.39, 0.29) is 24.6 Å². The van der Waals surface area contributed by atoms with E-state index in [0.29, 0.717) is 42.5 Å². The van der Waals surface area contributed by atoms with E-state index >= 15 is 0 Å². The molecule has 2 aromatic carbocycles. The fourth-order valence-electron chi connectivity index (χ4n) is 5.94. The molecule has 3 aromatic rings. The highest BCUT2D eigenvalue weighted by molar-refractivity contribution is 7.11. The quantitative estimate of drug-likeness (QED) is 0.326. The fourth-order valence-corrected chi connectivity index (χ4v) is 6.94. The van der Waals surface area contributed by atoms with Gasteiger partial charge >= 0.3 is 6.03 Å². The van der Waals surface area contributed by atoms with Crippen LogP contribution in [0.3, 0.4) is 0 Å². The van der Waals surface area contributed by atoms with Crippen molar-refractivity contribution in [3.05, 3.63) is 69.9 Å². The van der Waals surface area contributed by atoms with E-state index in [9.17, 15) is 14.0 Å². The van der Waals surface area contributed by atoms with Crippen LogP contribution in [0.25, 0.3) is 0 Å². The summed E-state index contributed by atoms with van der Waals surface area (Å²) in [7, 11) is 0. The number of anilines is 1. The van der Waals surface area contributed by atoms with Gasteiger partial charge in [-0.2, -0.15) is 0 Å². The molecule has 1 saturated carbocycles. The number of likely N-dealkylation sites (tertiary alicyclic amines) is 1. The zero-order valence-electron chi connectivity index (χ0n) is 23.0. The number of amides is 3. The van der Waals surface area contributed by atoms with Gasteiger partial charge in [-0.05, 0) is 82.3 Å². The van der Waals surface area contributed by atoms with Gasteiger partial charge in [0, 0.05) is 30.7 Å². The number of urea groups is 1. The van der Waals surface area contributed by atoms with Crippen molar-refractivity contribution < 1.29 is 18.7 Å². The summed E-state index contributed by atoms with van der Waals surface area (Å²) in [5.74, 6) is 0.594. The first kappa shape index (κ1) is 26.8. The molecule has 40 heavy (non-hydrogen) atoms. The maximum absolute atomic E-state index is 14.3. The van der Waals surface area contributed by atoms with Crippen molar-refractivity contribution in [2.45, 2.75) is 83.1 Å². The van der Waals surface area contributed by atoms with Crippen molar-refractivity contribution in [1.82, 2.24) is 20.0 Å². The van der Waals surface area contributed by atoms with E-state index in [4.69, 9.17) is 4.74 Å². The Labute approximate surface area is 237 Å². The molecule has 6 rings (SSSR count). The van der Waals surface area contributed by atoms with Crippen molar-refractivity contribution in [2.24, 2.45) is 0 Å². The van der Waals surface area contributed by atoms with Gasteiger partial charge in [0.2, 0.25) is 0 Å². The zero-order chi connectivity index (χ0) is 28.0. The molecular weight excluding hydrogens is 529 g/mol. The van der Waals surface area contributed by atoms with Crippen LogP contribution >= 0.6 is 11.3 Å². The van der Waals surface area contributed by atoms with Crippen LogP contribution in [0, 0.1) is 5.82 Å². The number of ether oxygens (including phenoxy) is 1. The summed E-state index contributed by atoms with van der Waals surface area (Å²) in [5, 5.41) is 10.2. The summed E-state index contributed by atoms with van der Waals surface area (Å²) >= 11 is 1.47. The van der Waals surface area contributed by atoms with Crippen LogP contribution in [-0.2, 0) is 17.9 Å². The minimum Gasteiger partial charge on any atom is -0.491 e. The molecule has 0 radical (unpaired) electrons. The largest absolute Gasteiger partial charge is 0.491 e. The van der Waals surface area contributed by atoms with Crippen LogP contribution in [0.15, 0.2) is 48.5 Å². The van der Waals surface area contributed by atoms with E-state index in [1.165, 1.54) is 33.3 Å². The molecule has 10 heteroatoms. The number of rotatable bonds is 8. The van der Waals surface area contributed by atoms with Crippen molar-refractivity contribution in [1.29, 1.82) is 0 Å². The SMILES string of the molecule is CC(C)Oc1cccc(CN2CC[C@@]3(C[C@@H]2C)C(=O)N(Cc2nnc(C4CC4)s2)C(=O)N3c2cccc(F)c2)c1. The first-order chi connectivity index (χ1) is 19.2. The lowest BCUT2D eigenvalue weighted by atomic mass is 9.81. The summed E-state index contributed by atoms with van der Waals surface area (Å²) in [5.41, 5.74) is 0.435. The molecule has 3 amide bonds. The summed E-state index contributed by atoms with van der Waals surface area (Å²) in [6.07, 6.45) is 3.19. The number of piperidine rings is 1. The number of halogens is 1. The van der Waals surface area contributed by atoms with Crippen molar-refractivity contribution in [3.8, 4) is 5.75 Å². The maximum Gasteiger partial charge on any atom is 0.332 e. The lowest BCUT2D eigenvalue weighted by Gasteiger charge is -2.45. The molecule has 2 atom stereocenters. The molecule has 2 aliphatic heterocycles. The Hall–Kier alpha value is -3.37. The number of imide groups is 1. The Balaban J connectivity index is 1.26. The van der Waals surface area contributed by atoms with Crippen molar-refractivity contribution >= 4 is 29.0 Å². The van der Waals surface area contributed by atoms with Crippen LogP contribution < -0.4 is 9.64 Å². The predicted octanol–water partition coefficient (Wildman–Crippen LogP) is 5.73. The first-order valence-corrected chi connectivity index (χ1v) is 14.8. The van der Waals surface area contributed by atoms with Gasteiger partial charge in [0.05, 0.1) is 12.6 Å². The molecule has 0 unspecified atom stereocenters. The molecule has 1 aromatic heterocycles. The van der Waals surface area contributed by atoms with Crippen LogP contribution in [0.5, 0.6) is 5.75 Å². The zero-order valence-corrected chi connectivity index (χ0v) is 23.9. The average Bonchev–Trinajstić information content (AvgIpc) is 3.62. The van der Waals surface area contributed by atoms with Gasteiger partial charge in [0.15, 0.2) is 0 Å². The highest BCUT2D eigenvalue weighted by Gasteiger charge is 2.60. The number of hydrogen-bond donors (Lipinski definition) is 0. The number of carbonyl (C=O) groups excluding carboxylic acids is 2. The second kappa shape index (κ2) is 10.6. The minimum atomic E-state index is -1.09. The van der Waals surface area contributed by atoms with Crippen LogP contribution in [0.1, 0.15) is 68.0 Å². The van der Waals surface area contributed by atoms with Crippen LogP contribution in [-0.4, -0.2) is 56.2 Å². The molecule has 1 spiro atoms. The van der Waals surface area contributed by atoms with Gasteiger partial charge < -0.3 is 4.74 Å². The third-order valence-corrected chi connectivity index (χ3v) is 9.06. The molecule has 3 aliphatic rings. The van der Waals surface area contributed by atoms with Crippen molar-refractivity contribution in [3.63, 3.8) is 0 Å². The predicted molar refractivity (Wildman–Crippen MR) is 151 cm³/mol. The van der Waals surface area contributed by atoms with E-state index < -0.39 is 17.4 Å². The normalized spacial score (nSPS) is 23.6. The molecule has 8 nitrogen and oxygen atoms in total. The van der Waals surface area contributed by atoms with Gasteiger partial charge in [-0.15, -0.1) is 10.2 Å². The molecule has 210 valence electrons. The summed E-state index contributed by atoms with van der Waals surface area (Å²) < 4.78 is 20.2. The van der Waals surface area contributed by atoms with E-state index in [0.717, 1.165) is 29.2 Å². The van der Waals surface area contributed by atoms with E-state index in [1.807, 2.05) is 26.0 Å². The number of hydrogen-bond acceptors (Lipinski definition) is 7. The summed E-state index contributed by atoms with van der Waals surface area (Å²) in [6.45, 7) is 7.49. The number of benzene rings is 2. The van der Waals surface area contributed by atoms with E-state index in [1.54, 1.807) is 12.1 Å². The number of aromatic nitrogens is 2. The Morgan fingerprint density at radius 2 is 1.90 bits per heavy atom. The first-order valence-electron chi connectivity index (χ1n) is 14.0. The van der Waals surface area contributed by atoms with Gasteiger partial charge in [-0.1, -0.05) is 29.5 Å². The molecule has 0 N–H and O–H groups in total. The molecule has 2 saturated heterocycles. The number of nitrogens with zero attached hydrogens (tertiary/aromatic N) is 5. The van der Waals surface area contributed by atoms with Gasteiger partial charge in [0.1, 0.15) is 27.1 Å². The average molecular weight is 564 g/mol. The Morgan fingerprint density at radius 1 is 1.10 bits per heavy atom. The molecule has 3 heterocycles. The van der Waals surface area contributed by atoms with Gasteiger partial charge in [-0.3, -0.25) is 19.5 Å². The van der Waals surface area contributed by atoms with E-state index in [2.05, 4.69) is 34.2 Å². The molecule has 1 aliphatic carbocycles. The lowest BCUT2D eigenvalue weighted by Crippen LogP contribution is -2.59. The van der Waals surface area contributed by atoms with Crippen LogP contribution in [0.4, 0.5) is 14.9 Å². The molecular formula is C30H34FN5O3S. The van der Waals surface area contributed by atoms with Gasteiger partial charge in [0.25, 0.3) is 5.91 Å². The third kappa shape index (κ3) is 5.10. The summed E-state index contributed by atoms with van der Waals surface area (Å²) in [6, 6.07) is 13.6. The second-order valence-corrected chi connectivity index (χ2v) is 12.5. The summed E-state index contributed by atoms with van der Waals surface area (Å²) in [4.78, 5) is 33.2. The monoisotopic (exact) mass is 563 g/mol. The third-order valence-electron chi connectivity index (χ3n) is 7.99. The Kier molecular flexibility index (Phi) is 7.08. The highest BCUT2D eigenvalue weighted by Crippen LogP contribution is 2.44. The Bertz CT molecular complexity index is 1430. The van der Waals surface area contributed by atoms with Crippen LogP contribution in [0.2, 0.25) is 0 Å². The van der Waals surface area contributed by atoms with Gasteiger partial charge in [-0.25, -0.2) is 9.18 Å². The second-order valence-electron chi connectivity index (χ2n) is 11.4.